The van der Waals surface area contributed by atoms with Crippen LogP contribution in [0, 0.1) is 10.1 Å². The number of hydrogen-bond acceptors (Lipinski definition) is 4. The van der Waals surface area contributed by atoms with Crippen LogP contribution in [0.4, 0.5) is 5.69 Å². The fourth-order valence-corrected chi connectivity index (χ4v) is 0.942. The third-order valence-corrected chi connectivity index (χ3v) is 1.60. The van der Waals surface area contributed by atoms with E-state index in [2.05, 4.69) is 4.98 Å². The molecule has 5 nitrogen and oxygen atoms in total. The minimum atomic E-state index is -0.443. The first-order chi connectivity index (χ1) is 6.74. The number of nitrogens with two attached hydrogens (primary N) is 1. The van der Waals surface area contributed by atoms with E-state index in [0.29, 0.717) is 12.2 Å². The molecule has 0 aliphatic rings. The van der Waals surface area contributed by atoms with Gasteiger partial charge < -0.3 is 5.73 Å². The lowest BCUT2D eigenvalue weighted by Crippen LogP contribution is -1.95. The topological polar surface area (TPSA) is 82.0 Å². The van der Waals surface area contributed by atoms with E-state index < -0.39 is 4.92 Å². The van der Waals surface area contributed by atoms with Crippen molar-refractivity contribution < 1.29 is 4.92 Å². The number of nitrogens with zero attached hydrogens (tertiary/aromatic N) is 2. The number of aromatic nitrogens is 1. The van der Waals surface area contributed by atoms with Gasteiger partial charge in [-0.3, -0.25) is 15.1 Å². The molecule has 74 valence electrons. The first-order valence-electron chi connectivity index (χ1n) is 4.21. The summed E-state index contributed by atoms with van der Waals surface area (Å²) in [6.45, 7) is 0.561. The second kappa shape index (κ2) is 5.08. The van der Waals surface area contributed by atoms with Gasteiger partial charge in [0.2, 0.25) is 0 Å². The molecule has 0 aromatic carbocycles. The maximum absolute atomic E-state index is 10.4. The van der Waals surface area contributed by atoms with Crippen molar-refractivity contribution in [2.45, 2.75) is 6.42 Å². The summed E-state index contributed by atoms with van der Waals surface area (Å²) in [6.07, 6.45) is 5.72. The Morgan fingerprint density at radius 3 is 3.07 bits per heavy atom. The van der Waals surface area contributed by atoms with E-state index >= 15 is 0 Å². The molecule has 1 aromatic rings. The molecule has 0 aliphatic heterocycles. The second-order valence-corrected chi connectivity index (χ2v) is 2.68. The first-order valence-corrected chi connectivity index (χ1v) is 4.21. The van der Waals surface area contributed by atoms with E-state index in [9.17, 15) is 10.1 Å². The Hall–Kier alpha value is -1.75. The van der Waals surface area contributed by atoms with Gasteiger partial charge in [0.25, 0.3) is 5.69 Å². The largest absolute Gasteiger partial charge is 0.330 e. The highest BCUT2D eigenvalue weighted by molar-refractivity contribution is 5.48. The van der Waals surface area contributed by atoms with Crippen molar-refractivity contribution >= 4 is 11.8 Å². The Morgan fingerprint density at radius 1 is 1.64 bits per heavy atom. The van der Waals surface area contributed by atoms with E-state index in [1.165, 1.54) is 18.3 Å². The van der Waals surface area contributed by atoms with Gasteiger partial charge in [0, 0.05) is 18.3 Å². The minimum Gasteiger partial charge on any atom is -0.330 e. The SMILES string of the molecule is NCCC=Cc1cc([N+](=O)[O-])ccn1. The molecule has 5 heteroatoms. The molecule has 0 saturated carbocycles. The van der Waals surface area contributed by atoms with Crippen LogP contribution in [-0.2, 0) is 0 Å². The van der Waals surface area contributed by atoms with Gasteiger partial charge in [-0.1, -0.05) is 6.08 Å². The van der Waals surface area contributed by atoms with Crippen molar-refractivity contribution in [3.05, 3.63) is 40.2 Å². The van der Waals surface area contributed by atoms with Gasteiger partial charge in [-0.25, -0.2) is 0 Å². The predicted octanol–water partition coefficient (Wildman–Crippen LogP) is 1.35. The number of hydrogen-bond donors (Lipinski definition) is 1. The van der Waals surface area contributed by atoms with Crippen molar-refractivity contribution in [1.82, 2.24) is 4.98 Å². The maximum Gasteiger partial charge on any atom is 0.273 e. The monoisotopic (exact) mass is 193 g/mol. The Bertz CT molecular complexity index is 350. The standard InChI is InChI=1S/C9H11N3O2/c10-5-2-1-3-8-7-9(12(13)14)4-6-11-8/h1,3-4,6-7H,2,5,10H2. The lowest BCUT2D eigenvalue weighted by molar-refractivity contribution is -0.384. The van der Waals surface area contributed by atoms with Crippen LogP contribution in [0.15, 0.2) is 24.4 Å². The number of pyridine rings is 1. The van der Waals surface area contributed by atoms with Crippen LogP contribution >= 0.6 is 0 Å². The Balaban J connectivity index is 2.78. The van der Waals surface area contributed by atoms with Crippen molar-refractivity contribution in [2.24, 2.45) is 5.73 Å². The molecule has 1 heterocycles. The number of rotatable bonds is 4. The van der Waals surface area contributed by atoms with Crippen molar-refractivity contribution in [1.29, 1.82) is 0 Å². The second-order valence-electron chi connectivity index (χ2n) is 2.68. The summed E-state index contributed by atoms with van der Waals surface area (Å²) < 4.78 is 0. The summed E-state index contributed by atoms with van der Waals surface area (Å²) in [7, 11) is 0. The van der Waals surface area contributed by atoms with Gasteiger partial charge in [-0.15, -0.1) is 0 Å². The molecule has 0 bridgehead atoms. The first kappa shape index (κ1) is 10.3. The molecule has 0 unspecified atom stereocenters. The van der Waals surface area contributed by atoms with Crippen LogP contribution in [0.3, 0.4) is 0 Å². The molecule has 0 aliphatic carbocycles. The van der Waals surface area contributed by atoms with E-state index in [1.54, 1.807) is 6.08 Å². The molecule has 14 heavy (non-hydrogen) atoms. The zero-order valence-corrected chi connectivity index (χ0v) is 7.59. The van der Waals surface area contributed by atoms with Crippen LogP contribution in [0.5, 0.6) is 0 Å². The van der Waals surface area contributed by atoms with Crippen LogP contribution in [0.1, 0.15) is 12.1 Å². The van der Waals surface area contributed by atoms with Crippen LogP contribution in [0.2, 0.25) is 0 Å². The molecule has 2 N–H and O–H groups in total. The molecule has 0 amide bonds. The summed E-state index contributed by atoms with van der Waals surface area (Å²) in [5.41, 5.74) is 5.92. The fourth-order valence-electron chi connectivity index (χ4n) is 0.942. The zero-order chi connectivity index (χ0) is 10.4. The smallest absolute Gasteiger partial charge is 0.273 e. The van der Waals surface area contributed by atoms with E-state index in [1.807, 2.05) is 6.08 Å². The summed E-state index contributed by atoms with van der Waals surface area (Å²) in [6, 6.07) is 2.79. The van der Waals surface area contributed by atoms with Gasteiger partial charge in [0.15, 0.2) is 0 Å². The molecule has 0 saturated heterocycles. The highest BCUT2D eigenvalue weighted by Crippen LogP contribution is 2.11. The van der Waals surface area contributed by atoms with E-state index in [0.717, 1.165) is 6.42 Å². The lowest BCUT2D eigenvalue weighted by Gasteiger charge is -1.93. The van der Waals surface area contributed by atoms with Gasteiger partial charge >= 0.3 is 0 Å². The van der Waals surface area contributed by atoms with Gasteiger partial charge in [-0.2, -0.15) is 0 Å². The summed E-state index contributed by atoms with van der Waals surface area (Å²) >= 11 is 0. The maximum atomic E-state index is 10.4. The molecular formula is C9H11N3O2. The van der Waals surface area contributed by atoms with Crippen LogP contribution in [0.25, 0.3) is 6.08 Å². The highest BCUT2D eigenvalue weighted by Gasteiger charge is 2.03. The molecule has 0 fully saturated rings. The number of nitro groups is 1. The van der Waals surface area contributed by atoms with Gasteiger partial charge in [0.05, 0.1) is 10.6 Å². The lowest BCUT2D eigenvalue weighted by atomic mass is 10.3. The molecule has 0 radical (unpaired) electrons. The summed E-state index contributed by atoms with van der Waals surface area (Å²) in [4.78, 5) is 13.9. The zero-order valence-electron chi connectivity index (χ0n) is 7.59. The highest BCUT2D eigenvalue weighted by atomic mass is 16.6. The van der Waals surface area contributed by atoms with E-state index in [4.69, 9.17) is 5.73 Å². The van der Waals surface area contributed by atoms with E-state index in [-0.39, 0.29) is 5.69 Å². The van der Waals surface area contributed by atoms with Crippen molar-refractivity contribution in [3.63, 3.8) is 0 Å². The van der Waals surface area contributed by atoms with Gasteiger partial charge in [-0.05, 0) is 19.0 Å². The predicted molar refractivity (Wildman–Crippen MR) is 53.6 cm³/mol. The quantitative estimate of drug-likeness (QED) is 0.578. The Kier molecular flexibility index (Phi) is 3.75. The molecule has 1 rings (SSSR count). The summed E-state index contributed by atoms with van der Waals surface area (Å²) in [5.74, 6) is 0. The molecule has 0 atom stereocenters. The van der Waals surface area contributed by atoms with Gasteiger partial charge in [0.1, 0.15) is 0 Å². The third kappa shape index (κ3) is 2.95. The minimum absolute atomic E-state index is 0.0485. The molecular weight excluding hydrogens is 182 g/mol. The Morgan fingerprint density at radius 2 is 2.43 bits per heavy atom. The third-order valence-electron chi connectivity index (χ3n) is 1.60. The average Bonchev–Trinajstić information content (AvgIpc) is 2.19. The van der Waals surface area contributed by atoms with Crippen LogP contribution < -0.4 is 5.73 Å². The van der Waals surface area contributed by atoms with Crippen molar-refractivity contribution in [2.75, 3.05) is 6.54 Å². The fraction of sp³-hybridized carbons (Fsp3) is 0.222. The summed E-state index contributed by atoms with van der Waals surface area (Å²) in [5, 5.41) is 10.4. The van der Waals surface area contributed by atoms with Crippen LogP contribution in [-0.4, -0.2) is 16.5 Å². The normalized spacial score (nSPS) is 10.6. The van der Waals surface area contributed by atoms with Crippen molar-refractivity contribution in [3.8, 4) is 0 Å². The molecule has 0 spiro atoms. The molecule has 1 aromatic heterocycles. The average molecular weight is 193 g/mol. The Labute approximate surface area is 81.4 Å².